The number of amides is 1. The molecule has 6 nitrogen and oxygen atoms in total. The van der Waals surface area contributed by atoms with E-state index in [-0.39, 0.29) is 12.2 Å². The number of benzene rings is 2. The minimum absolute atomic E-state index is 0.116. The molecule has 0 fully saturated rings. The first-order chi connectivity index (χ1) is 11.5. The van der Waals surface area contributed by atoms with E-state index < -0.39 is 17.5 Å². The van der Waals surface area contributed by atoms with E-state index in [2.05, 4.69) is 36.7 Å². The van der Waals surface area contributed by atoms with Gasteiger partial charge in [0.05, 0.1) is 5.69 Å². The van der Waals surface area contributed by atoms with Crippen LogP contribution in [-0.2, 0) is 11.3 Å². The molecular weight excluding hydrogens is 384 g/mol. The molecule has 3 aromatic rings. The molecule has 0 spiro atoms. The van der Waals surface area contributed by atoms with Gasteiger partial charge in [0.1, 0.15) is 18.2 Å². The lowest BCUT2D eigenvalue weighted by Gasteiger charge is -2.05. The van der Waals surface area contributed by atoms with E-state index in [1.165, 1.54) is 0 Å². The number of nitrogens with zero attached hydrogens (tertiary/aromatic N) is 4. The molecule has 24 heavy (non-hydrogen) atoms. The lowest BCUT2D eigenvalue weighted by atomic mass is 10.2. The fourth-order valence-corrected chi connectivity index (χ4v) is 2.20. The molecule has 122 valence electrons. The fraction of sp³-hybridized carbons (Fsp3) is 0.0667. The van der Waals surface area contributed by atoms with Crippen molar-refractivity contribution >= 4 is 27.5 Å². The summed E-state index contributed by atoms with van der Waals surface area (Å²) in [4.78, 5) is 13.0. The van der Waals surface area contributed by atoms with Crippen molar-refractivity contribution in [1.29, 1.82) is 0 Å². The Morgan fingerprint density at radius 1 is 1.17 bits per heavy atom. The van der Waals surface area contributed by atoms with Crippen molar-refractivity contribution in [3.05, 3.63) is 58.6 Å². The lowest BCUT2D eigenvalue weighted by Crippen LogP contribution is -2.21. The average molecular weight is 394 g/mol. The molecule has 3 rings (SSSR count). The zero-order valence-corrected chi connectivity index (χ0v) is 13.7. The lowest BCUT2D eigenvalue weighted by molar-refractivity contribution is -0.117. The minimum Gasteiger partial charge on any atom is -0.322 e. The van der Waals surface area contributed by atoms with Crippen molar-refractivity contribution in [2.45, 2.75) is 6.54 Å². The molecule has 0 atom stereocenters. The minimum atomic E-state index is -0.856. The Hall–Kier alpha value is -2.68. The van der Waals surface area contributed by atoms with Gasteiger partial charge in [0.25, 0.3) is 0 Å². The highest BCUT2D eigenvalue weighted by molar-refractivity contribution is 9.10. The predicted octanol–water partition coefficient (Wildman–Crippen LogP) is 3.02. The van der Waals surface area contributed by atoms with Gasteiger partial charge in [-0.15, -0.1) is 10.2 Å². The van der Waals surface area contributed by atoms with Crippen LogP contribution in [0.1, 0.15) is 0 Å². The number of tetrazole rings is 1. The van der Waals surface area contributed by atoms with Crippen molar-refractivity contribution in [3.8, 4) is 11.4 Å². The number of rotatable bonds is 4. The summed E-state index contributed by atoms with van der Waals surface area (Å²) in [7, 11) is 0. The van der Waals surface area contributed by atoms with Crippen LogP contribution < -0.4 is 5.32 Å². The molecule has 0 aliphatic rings. The normalized spacial score (nSPS) is 10.6. The maximum absolute atomic E-state index is 13.5. The number of aromatic nitrogens is 4. The molecular formula is C15H10BrF2N5O. The Balaban J connectivity index is 1.68. The molecule has 1 amide bonds. The van der Waals surface area contributed by atoms with Crippen LogP contribution in [0.3, 0.4) is 0 Å². The standard InChI is InChI=1S/C15H10BrF2N5O/c16-10-3-1-9(2-4-10)15-20-22-23(21-15)8-14(24)19-13-6-5-11(17)7-12(13)18/h1-7H,8H2,(H,19,24). The maximum atomic E-state index is 13.5. The SMILES string of the molecule is O=C(Cn1nnc(-c2ccc(Br)cc2)n1)Nc1ccc(F)cc1F. The second-order valence-electron chi connectivity index (χ2n) is 4.82. The van der Waals surface area contributed by atoms with Crippen molar-refractivity contribution in [2.75, 3.05) is 5.32 Å². The number of nitrogens with one attached hydrogen (secondary N) is 1. The van der Waals surface area contributed by atoms with E-state index >= 15 is 0 Å². The summed E-state index contributed by atoms with van der Waals surface area (Å²) < 4.78 is 27.2. The molecule has 0 saturated carbocycles. The van der Waals surface area contributed by atoms with Gasteiger partial charge in [0.2, 0.25) is 11.7 Å². The molecule has 0 unspecified atom stereocenters. The van der Waals surface area contributed by atoms with Crippen LogP contribution in [0.2, 0.25) is 0 Å². The molecule has 1 aromatic heterocycles. The highest BCUT2D eigenvalue weighted by Crippen LogP contribution is 2.18. The van der Waals surface area contributed by atoms with Crippen molar-refractivity contribution in [3.63, 3.8) is 0 Å². The van der Waals surface area contributed by atoms with Crippen LogP contribution in [0.15, 0.2) is 46.9 Å². The van der Waals surface area contributed by atoms with Crippen molar-refractivity contribution in [1.82, 2.24) is 20.2 Å². The number of carbonyl (C=O) groups excluding carboxylic acids is 1. The highest BCUT2D eigenvalue weighted by atomic mass is 79.9. The second kappa shape index (κ2) is 6.83. The Labute approximate surface area is 143 Å². The summed E-state index contributed by atoms with van der Waals surface area (Å²) in [6.45, 7) is -0.250. The summed E-state index contributed by atoms with van der Waals surface area (Å²) in [5.74, 6) is -1.77. The molecule has 1 heterocycles. The molecule has 1 N–H and O–H groups in total. The van der Waals surface area contributed by atoms with E-state index in [1.807, 2.05) is 12.1 Å². The molecule has 0 bridgehead atoms. The van der Waals surface area contributed by atoms with Crippen LogP contribution in [-0.4, -0.2) is 26.1 Å². The topological polar surface area (TPSA) is 72.7 Å². The Kier molecular flexibility index (Phi) is 4.61. The molecule has 2 aromatic carbocycles. The van der Waals surface area contributed by atoms with Crippen molar-refractivity contribution in [2.24, 2.45) is 0 Å². The van der Waals surface area contributed by atoms with Gasteiger partial charge in [-0.2, -0.15) is 4.80 Å². The third-order valence-electron chi connectivity index (χ3n) is 3.05. The van der Waals surface area contributed by atoms with Gasteiger partial charge in [-0.25, -0.2) is 8.78 Å². The number of hydrogen-bond acceptors (Lipinski definition) is 4. The van der Waals surface area contributed by atoms with Crippen LogP contribution in [0.25, 0.3) is 11.4 Å². The van der Waals surface area contributed by atoms with Gasteiger partial charge < -0.3 is 5.32 Å². The fourth-order valence-electron chi connectivity index (χ4n) is 1.93. The molecule has 9 heteroatoms. The first-order valence-corrected chi connectivity index (χ1v) is 7.59. The van der Waals surface area contributed by atoms with Gasteiger partial charge in [-0.05, 0) is 41.6 Å². The van der Waals surface area contributed by atoms with Crippen LogP contribution in [0.4, 0.5) is 14.5 Å². The van der Waals surface area contributed by atoms with E-state index in [4.69, 9.17) is 0 Å². The Bertz CT molecular complexity index is 882. The maximum Gasteiger partial charge on any atom is 0.248 e. The molecule has 0 aliphatic heterocycles. The number of anilines is 1. The third kappa shape index (κ3) is 3.80. The summed E-state index contributed by atoms with van der Waals surface area (Å²) in [5.41, 5.74) is 0.629. The average Bonchev–Trinajstić information content (AvgIpc) is 2.99. The molecule has 0 aliphatic carbocycles. The smallest absolute Gasteiger partial charge is 0.248 e. The Morgan fingerprint density at radius 2 is 1.92 bits per heavy atom. The first kappa shape index (κ1) is 16.2. The van der Waals surface area contributed by atoms with E-state index in [9.17, 15) is 13.6 Å². The van der Waals surface area contributed by atoms with Crippen LogP contribution in [0.5, 0.6) is 0 Å². The summed E-state index contributed by atoms with van der Waals surface area (Å²) in [6, 6.07) is 10.2. The third-order valence-corrected chi connectivity index (χ3v) is 3.57. The van der Waals surface area contributed by atoms with Crippen LogP contribution in [0, 0.1) is 11.6 Å². The largest absolute Gasteiger partial charge is 0.322 e. The number of halogens is 3. The first-order valence-electron chi connectivity index (χ1n) is 6.80. The second-order valence-corrected chi connectivity index (χ2v) is 5.74. The van der Waals surface area contributed by atoms with Crippen molar-refractivity contribution < 1.29 is 13.6 Å². The zero-order chi connectivity index (χ0) is 17.1. The van der Waals surface area contributed by atoms with E-state index in [1.54, 1.807) is 12.1 Å². The van der Waals surface area contributed by atoms with Gasteiger partial charge >= 0.3 is 0 Å². The van der Waals surface area contributed by atoms with E-state index in [0.29, 0.717) is 11.9 Å². The van der Waals surface area contributed by atoms with Gasteiger partial charge in [-0.1, -0.05) is 15.9 Å². The van der Waals surface area contributed by atoms with Gasteiger partial charge in [-0.3, -0.25) is 4.79 Å². The zero-order valence-electron chi connectivity index (χ0n) is 12.1. The molecule has 0 radical (unpaired) electrons. The monoisotopic (exact) mass is 393 g/mol. The number of carbonyl (C=O) groups is 1. The molecule has 0 saturated heterocycles. The summed E-state index contributed by atoms with van der Waals surface area (Å²) in [5, 5.41) is 14.1. The van der Waals surface area contributed by atoms with E-state index in [0.717, 1.165) is 27.0 Å². The summed E-state index contributed by atoms with van der Waals surface area (Å²) >= 11 is 3.33. The quantitative estimate of drug-likeness (QED) is 0.739. The highest BCUT2D eigenvalue weighted by Gasteiger charge is 2.11. The van der Waals surface area contributed by atoms with Crippen LogP contribution >= 0.6 is 15.9 Å². The number of hydrogen-bond donors (Lipinski definition) is 1. The summed E-state index contributed by atoms with van der Waals surface area (Å²) in [6.07, 6.45) is 0. The Morgan fingerprint density at radius 3 is 2.62 bits per heavy atom. The van der Waals surface area contributed by atoms with Gasteiger partial charge in [0.15, 0.2) is 0 Å². The van der Waals surface area contributed by atoms with Gasteiger partial charge in [0, 0.05) is 16.1 Å². The predicted molar refractivity (Wildman–Crippen MR) is 85.9 cm³/mol.